The number of carbonyl (C=O) groups is 1. The van der Waals surface area contributed by atoms with Gasteiger partial charge in [-0.25, -0.2) is 9.38 Å². The van der Waals surface area contributed by atoms with Crippen molar-refractivity contribution in [3.05, 3.63) is 85.7 Å². The number of nitrogens with zero attached hydrogens (tertiary/aromatic N) is 2. The number of nitrogens with one attached hydrogen (secondary N) is 1. The van der Waals surface area contributed by atoms with E-state index in [1.54, 1.807) is 24.3 Å². The number of amides is 1. The molecule has 0 atom stereocenters. The Morgan fingerprint density at radius 1 is 1.17 bits per heavy atom. The van der Waals surface area contributed by atoms with Crippen molar-refractivity contribution < 1.29 is 18.5 Å². The van der Waals surface area contributed by atoms with Crippen molar-refractivity contribution in [1.82, 2.24) is 5.32 Å². The monoisotopic (exact) mass is 487 g/mol. The van der Waals surface area contributed by atoms with Crippen molar-refractivity contribution in [1.29, 1.82) is 0 Å². The minimum Gasteiger partial charge on any atom is -0.457 e. The van der Waals surface area contributed by atoms with Gasteiger partial charge in [-0.2, -0.15) is 0 Å². The number of nitro groups is 1. The third kappa shape index (κ3) is 4.34. The molecule has 3 aromatic rings. The molecule has 1 fully saturated rings. The van der Waals surface area contributed by atoms with Gasteiger partial charge < -0.3 is 9.73 Å². The van der Waals surface area contributed by atoms with E-state index >= 15 is 0 Å². The summed E-state index contributed by atoms with van der Waals surface area (Å²) >= 11 is 4.45. The van der Waals surface area contributed by atoms with Crippen LogP contribution in [0.4, 0.5) is 15.8 Å². The zero-order valence-electron chi connectivity index (χ0n) is 15.0. The summed E-state index contributed by atoms with van der Waals surface area (Å²) in [6.45, 7) is 0. The molecule has 1 aliphatic heterocycles. The Morgan fingerprint density at radius 2 is 1.93 bits per heavy atom. The Bertz CT molecular complexity index is 1220. The molecule has 10 heteroatoms. The molecule has 0 spiro atoms. The van der Waals surface area contributed by atoms with Crippen LogP contribution in [-0.4, -0.2) is 16.0 Å². The SMILES string of the molecule is O=C1NC(=Nc2ccc(F)cc2)S/C1=C\c1ccc(-c2ccc([N+](=O)[O-])cc2Br)o1. The Morgan fingerprint density at radius 3 is 2.63 bits per heavy atom. The molecule has 7 nitrogen and oxygen atoms in total. The van der Waals surface area contributed by atoms with Gasteiger partial charge in [0.15, 0.2) is 5.17 Å². The average molecular weight is 488 g/mol. The zero-order valence-corrected chi connectivity index (χ0v) is 17.4. The maximum absolute atomic E-state index is 13.0. The van der Waals surface area contributed by atoms with Crippen molar-refractivity contribution >= 4 is 56.2 Å². The molecule has 0 aliphatic carbocycles. The van der Waals surface area contributed by atoms with Gasteiger partial charge in [-0.05, 0) is 70.2 Å². The van der Waals surface area contributed by atoms with Crippen molar-refractivity contribution in [2.24, 2.45) is 4.99 Å². The molecule has 2 heterocycles. The summed E-state index contributed by atoms with van der Waals surface area (Å²) in [5, 5.41) is 13.9. The summed E-state index contributed by atoms with van der Waals surface area (Å²) in [4.78, 5) is 27.3. The van der Waals surface area contributed by atoms with Gasteiger partial charge in [0, 0.05) is 28.2 Å². The molecule has 0 unspecified atom stereocenters. The van der Waals surface area contributed by atoms with E-state index in [4.69, 9.17) is 4.42 Å². The quantitative estimate of drug-likeness (QED) is 0.291. The number of furan rings is 1. The molecule has 1 saturated heterocycles. The third-order valence-electron chi connectivity index (χ3n) is 4.04. The lowest BCUT2D eigenvalue weighted by atomic mass is 10.1. The van der Waals surface area contributed by atoms with Crippen LogP contribution >= 0.6 is 27.7 Å². The second kappa shape index (κ2) is 8.25. The second-order valence-corrected chi connectivity index (χ2v) is 7.97. The summed E-state index contributed by atoms with van der Waals surface area (Å²) in [5.41, 5.74) is 1.13. The van der Waals surface area contributed by atoms with E-state index in [9.17, 15) is 19.3 Å². The Balaban J connectivity index is 1.55. The number of thioether (sulfide) groups is 1. The highest BCUT2D eigenvalue weighted by Gasteiger charge is 2.24. The lowest BCUT2D eigenvalue weighted by Crippen LogP contribution is -2.19. The van der Waals surface area contributed by atoms with Crippen molar-refractivity contribution in [3.8, 4) is 11.3 Å². The van der Waals surface area contributed by atoms with E-state index in [0.29, 0.717) is 37.3 Å². The molecule has 1 aliphatic rings. The molecule has 1 N–H and O–H groups in total. The first-order valence-electron chi connectivity index (χ1n) is 8.48. The van der Waals surface area contributed by atoms with Crippen LogP contribution in [0.5, 0.6) is 0 Å². The van der Waals surface area contributed by atoms with Gasteiger partial charge in [0.2, 0.25) is 0 Å². The summed E-state index contributed by atoms with van der Waals surface area (Å²) < 4.78 is 19.3. The van der Waals surface area contributed by atoms with Crippen LogP contribution < -0.4 is 5.32 Å². The average Bonchev–Trinajstić information content (AvgIpc) is 3.30. The number of carbonyl (C=O) groups excluding carboxylic acids is 1. The largest absolute Gasteiger partial charge is 0.457 e. The van der Waals surface area contributed by atoms with E-state index in [1.165, 1.54) is 36.4 Å². The van der Waals surface area contributed by atoms with Crippen LogP contribution in [0.2, 0.25) is 0 Å². The summed E-state index contributed by atoms with van der Waals surface area (Å²) in [6, 6.07) is 13.4. The Hall–Kier alpha value is -3.24. The molecule has 0 bridgehead atoms. The van der Waals surface area contributed by atoms with E-state index in [-0.39, 0.29) is 17.4 Å². The normalized spacial score (nSPS) is 16.3. The number of amidine groups is 1. The van der Waals surface area contributed by atoms with Crippen LogP contribution in [-0.2, 0) is 4.79 Å². The van der Waals surface area contributed by atoms with Gasteiger partial charge in [0.25, 0.3) is 11.6 Å². The molecule has 2 aromatic carbocycles. The number of halogens is 2. The number of non-ortho nitro benzene ring substituents is 1. The number of hydrogen-bond donors (Lipinski definition) is 1. The Labute approximate surface area is 182 Å². The number of benzene rings is 2. The van der Waals surface area contributed by atoms with Crippen LogP contribution in [0.25, 0.3) is 17.4 Å². The maximum atomic E-state index is 13.0. The van der Waals surface area contributed by atoms with E-state index in [1.807, 2.05) is 0 Å². The smallest absolute Gasteiger partial charge is 0.270 e. The zero-order chi connectivity index (χ0) is 21.3. The molecule has 30 heavy (non-hydrogen) atoms. The molecule has 150 valence electrons. The van der Waals surface area contributed by atoms with Crippen LogP contribution in [0.1, 0.15) is 5.76 Å². The summed E-state index contributed by atoms with van der Waals surface area (Å²) in [5.74, 6) is 0.245. The molecule has 0 saturated carbocycles. The Kier molecular flexibility index (Phi) is 5.51. The molecular weight excluding hydrogens is 477 g/mol. The summed E-state index contributed by atoms with van der Waals surface area (Å²) in [6.07, 6.45) is 1.58. The first-order valence-corrected chi connectivity index (χ1v) is 10.1. The highest BCUT2D eigenvalue weighted by molar-refractivity contribution is 9.10. The lowest BCUT2D eigenvalue weighted by molar-refractivity contribution is -0.384. The first kappa shape index (κ1) is 20.0. The maximum Gasteiger partial charge on any atom is 0.270 e. The van der Waals surface area contributed by atoms with Gasteiger partial charge in [-0.3, -0.25) is 14.9 Å². The predicted molar refractivity (Wildman–Crippen MR) is 116 cm³/mol. The first-order chi connectivity index (χ1) is 14.4. The minimum absolute atomic E-state index is 0.0356. The van der Waals surface area contributed by atoms with Crippen LogP contribution in [0.3, 0.4) is 0 Å². The van der Waals surface area contributed by atoms with Crippen molar-refractivity contribution in [3.63, 3.8) is 0 Å². The second-order valence-electron chi connectivity index (χ2n) is 6.08. The fourth-order valence-corrected chi connectivity index (χ4v) is 4.02. The van der Waals surface area contributed by atoms with Gasteiger partial charge in [0.1, 0.15) is 17.3 Å². The van der Waals surface area contributed by atoms with Gasteiger partial charge in [-0.1, -0.05) is 0 Å². The topological polar surface area (TPSA) is 97.7 Å². The minimum atomic E-state index is -0.479. The molecule has 0 radical (unpaired) electrons. The number of aliphatic imine (C=N–C) groups is 1. The molecule has 1 amide bonds. The molecular formula is C20H11BrFN3O4S. The van der Waals surface area contributed by atoms with Crippen LogP contribution in [0.15, 0.2) is 73.4 Å². The number of nitro benzene ring substituents is 1. The van der Waals surface area contributed by atoms with E-state index in [0.717, 1.165) is 11.8 Å². The van der Waals surface area contributed by atoms with Gasteiger partial charge in [0.05, 0.1) is 15.5 Å². The number of rotatable bonds is 4. The highest BCUT2D eigenvalue weighted by Crippen LogP contribution is 2.34. The molecule has 4 rings (SSSR count). The lowest BCUT2D eigenvalue weighted by Gasteiger charge is -2.00. The van der Waals surface area contributed by atoms with E-state index in [2.05, 4.69) is 26.2 Å². The molecule has 1 aromatic heterocycles. The number of hydrogen-bond acceptors (Lipinski definition) is 6. The van der Waals surface area contributed by atoms with Crippen molar-refractivity contribution in [2.45, 2.75) is 0 Å². The summed E-state index contributed by atoms with van der Waals surface area (Å²) in [7, 11) is 0. The van der Waals surface area contributed by atoms with Gasteiger partial charge >= 0.3 is 0 Å². The van der Waals surface area contributed by atoms with E-state index < -0.39 is 4.92 Å². The third-order valence-corrected chi connectivity index (χ3v) is 5.60. The standard InChI is InChI=1S/C20H11BrFN3O4S/c21-16-9-13(25(27)28)5-7-15(16)17-8-6-14(29-17)10-18-19(26)24-20(30-18)23-12-3-1-11(22)2-4-12/h1-10H,(H,23,24,26)/b18-10-. The van der Waals surface area contributed by atoms with Gasteiger partial charge in [-0.15, -0.1) is 0 Å². The fourth-order valence-electron chi connectivity index (χ4n) is 2.64. The fraction of sp³-hybridized carbons (Fsp3) is 0. The predicted octanol–water partition coefficient (Wildman–Crippen LogP) is 5.65. The van der Waals surface area contributed by atoms with Crippen molar-refractivity contribution in [2.75, 3.05) is 0 Å². The van der Waals surface area contributed by atoms with Crippen LogP contribution in [0, 0.1) is 15.9 Å². The highest BCUT2D eigenvalue weighted by atomic mass is 79.9.